The Morgan fingerprint density at radius 3 is 2.69 bits per heavy atom. The van der Waals surface area contributed by atoms with E-state index in [-0.39, 0.29) is 0 Å². The summed E-state index contributed by atoms with van der Waals surface area (Å²) < 4.78 is 0. The van der Waals surface area contributed by atoms with Gasteiger partial charge in [0.25, 0.3) is 0 Å². The van der Waals surface area contributed by atoms with Crippen LogP contribution in [0.2, 0.25) is 0 Å². The normalized spacial score (nSPS) is 14.5. The molecule has 0 bridgehead atoms. The van der Waals surface area contributed by atoms with Crippen LogP contribution in [0.3, 0.4) is 0 Å². The quantitative estimate of drug-likeness (QED) is 0.635. The molecule has 0 radical (unpaired) electrons. The van der Waals surface area contributed by atoms with Gasteiger partial charge in [-0.05, 0) is 37.5 Å². The molecule has 0 amide bonds. The smallest absolute Gasteiger partial charge is 0.0448 e. The van der Waals surface area contributed by atoms with Crippen molar-refractivity contribution in [2.24, 2.45) is 0 Å². The first-order valence-electron chi connectivity index (χ1n) is 4.70. The van der Waals surface area contributed by atoms with Crippen LogP contribution in [0.4, 0.5) is 5.69 Å². The van der Waals surface area contributed by atoms with Crippen LogP contribution in [-0.4, -0.2) is 6.54 Å². The summed E-state index contributed by atoms with van der Waals surface area (Å²) in [4.78, 5) is 0. The number of aryl methyl sites for hydroxylation is 1. The van der Waals surface area contributed by atoms with E-state index in [0.29, 0.717) is 0 Å². The lowest BCUT2D eigenvalue weighted by Crippen LogP contribution is -2.10. The lowest BCUT2D eigenvalue weighted by atomic mass is 9.98. The predicted molar refractivity (Wildman–Crippen MR) is 58.1 cm³/mol. The van der Waals surface area contributed by atoms with Gasteiger partial charge in [0.1, 0.15) is 0 Å². The van der Waals surface area contributed by atoms with Crippen molar-refractivity contribution in [3.8, 4) is 0 Å². The number of nitrogens with one attached hydrogen (secondary N) is 1. The Kier molecular flexibility index (Phi) is 1.87. The molecule has 0 atom stereocenters. The SMILES string of the molecule is CC1=Cc2ccc(C)c(C)c2NC1. The van der Waals surface area contributed by atoms with Crippen molar-refractivity contribution in [2.75, 3.05) is 11.9 Å². The van der Waals surface area contributed by atoms with Crippen molar-refractivity contribution in [1.82, 2.24) is 0 Å². The summed E-state index contributed by atoms with van der Waals surface area (Å²) >= 11 is 0. The van der Waals surface area contributed by atoms with E-state index in [2.05, 4.69) is 44.3 Å². The highest BCUT2D eigenvalue weighted by Gasteiger charge is 2.09. The molecular formula is C12H15N. The third-order valence-corrected chi connectivity index (χ3v) is 2.71. The second kappa shape index (κ2) is 2.91. The molecule has 68 valence electrons. The second-order valence-corrected chi connectivity index (χ2v) is 3.82. The molecule has 0 unspecified atom stereocenters. The van der Waals surface area contributed by atoms with Crippen LogP contribution in [0.5, 0.6) is 0 Å². The van der Waals surface area contributed by atoms with Crippen LogP contribution >= 0.6 is 0 Å². The van der Waals surface area contributed by atoms with E-state index in [9.17, 15) is 0 Å². The van der Waals surface area contributed by atoms with Gasteiger partial charge in [0, 0.05) is 12.2 Å². The van der Waals surface area contributed by atoms with Crippen LogP contribution < -0.4 is 5.32 Å². The second-order valence-electron chi connectivity index (χ2n) is 3.82. The monoisotopic (exact) mass is 173 g/mol. The lowest BCUT2D eigenvalue weighted by molar-refractivity contribution is 1.17. The molecule has 13 heavy (non-hydrogen) atoms. The molecule has 1 heteroatoms. The predicted octanol–water partition coefficient (Wildman–Crippen LogP) is 3.13. The number of benzene rings is 1. The molecule has 1 aliphatic rings. The van der Waals surface area contributed by atoms with Gasteiger partial charge in [-0.3, -0.25) is 0 Å². The van der Waals surface area contributed by atoms with Gasteiger partial charge >= 0.3 is 0 Å². The summed E-state index contributed by atoms with van der Waals surface area (Å²) in [6.07, 6.45) is 2.26. The summed E-state index contributed by atoms with van der Waals surface area (Å²) in [5, 5.41) is 3.45. The number of hydrogen-bond donors (Lipinski definition) is 1. The molecule has 0 aliphatic carbocycles. The third kappa shape index (κ3) is 1.35. The van der Waals surface area contributed by atoms with E-state index < -0.39 is 0 Å². The van der Waals surface area contributed by atoms with Gasteiger partial charge in [0.05, 0.1) is 0 Å². The van der Waals surface area contributed by atoms with Crippen LogP contribution in [0.1, 0.15) is 23.6 Å². The topological polar surface area (TPSA) is 12.0 Å². The molecule has 0 saturated carbocycles. The first-order valence-corrected chi connectivity index (χ1v) is 4.70. The van der Waals surface area contributed by atoms with Crippen LogP contribution in [-0.2, 0) is 0 Å². The maximum Gasteiger partial charge on any atom is 0.0448 e. The van der Waals surface area contributed by atoms with E-state index in [1.54, 1.807) is 0 Å². The Hall–Kier alpha value is -1.24. The summed E-state index contributed by atoms with van der Waals surface area (Å²) in [6.45, 7) is 7.47. The van der Waals surface area contributed by atoms with E-state index in [1.165, 1.54) is 28.0 Å². The van der Waals surface area contributed by atoms with E-state index in [1.807, 2.05) is 0 Å². The summed E-state index contributed by atoms with van der Waals surface area (Å²) in [6, 6.07) is 4.37. The molecule has 1 heterocycles. The number of rotatable bonds is 0. The molecule has 0 spiro atoms. The van der Waals surface area contributed by atoms with Gasteiger partial charge in [0.15, 0.2) is 0 Å². The van der Waals surface area contributed by atoms with Gasteiger partial charge in [-0.25, -0.2) is 0 Å². The highest BCUT2D eigenvalue weighted by atomic mass is 14.9. The molecule has 1 nitrogen and oxygen atoms in total. The molecule has 1 aromatic rings. The molecule has 1 N–H and O–H groups in total. The standard InChI is InChI=1S/C12H15N/c1-8-6-11-5-4-9(2)10(3)12(11)13-7-8/h4-6,13H,7H2,1-3H3. The first kappa shape index (κ1) is 8.36. The van der Waals surface area contributed by atoms with Crippen molar-refractivity contribution in [1.29, 1.82) is 0 Å². The Bertz CT molecular complexity index is 375. The van der Waals surface area contributed by atoms with Crippen molar-refractivity contribution >= 4 is 11.8 Å². The fraction of sp³-hybridized carbons (Fsp3) is 0.333. The van der Waals surface area contributed by atoms with Gasteiger partial charge < -0.3 is 5.32 Å². The lowest BCUT2D eigenvalue weighted by Gasteiger charge is -2.19. The molecule has 0 fully saturated rings. The zero-order valence-corrected chi connectivity index (χ0v) is 8.44. The van der Waals surface area contributed by atoms with Crippen molar-refractivity contribution in [3.63, 3.8) is 0 Å². The molecular weight excluding hydrogens is 158 g/mol. The molecule has 1 aromatic carbocycles. The first-order chi connectivity index (χ1) is 6.18. The Balaban J connectivity index is 2.61. The highest BCUT2D eigenvalue weighted by Crippen LogP contribution is 2.28. The highest BCUT2D eigenvalue weighted by molar-refractivity contribution is 5.75. The molecule has 0 aromatic heterocycles. The maximum absolute atomic E-state index is 3.45. The van der Waals surface area contributed by atoms with E-state index in [4.69, 9.17) is 0 Å². The van der Waals surface area contributed by atoms with E-state index in [0.717, 1.165) is 6.54 Å². The van der Waals surface area contributed by atoms with Crippen LogP contribution in [0.15, 0.2) is 17.7 Å². The van der Waals surface area contributed by atoms with Gasteiger partial charge in [-0.15, -0.1) is 0 Å². The minimum Gasteiger partial charge on any atom is -0.381 e. The maximum atomic E-state index is 3.45. The molecule has 2 rings (SSSR count). The van der Waals surface area contributed by atoms with Crippen LogP contribution in [0, 0.1) is 13.8 Å². The minimum atomic E-state index is 0.983. The minimum absolute atomic E-state index is 0.983. The van der Waals surface area contributed by atoms with Crippen molar-refractivity contribution in [2.45, 2.75) is 20.8 Å². The number of hydrogen-bond acceptors (Lipinski definition) is 1. The summed E-state index contributed by atoms with van der Waals surface area (Å²) in [5.41, 5.74) is 6.77. The Morgan fingerprint density at radius 1 is 1.15 bits per heavy atom. The molecule has 0 saturated heterocycles. The van der Waals surface area contributed by atoms with E-state index >= 15 is 0 Å². The van der Waals surface area contributed by atoms with Gasteiger partial charge in [-0.2, -0.15) is 0 Å². The van der Waals surface area contributed by atoms with Crippen LogP contribution in [0.25, 0.3) is 6.08 Å². The third-order valence-electron chi connectivity index (χ3n) is 2.71. The average molecular weight is 173 g/mol. The van der Waals surface area contributed by atoms with Gasteiger partial charge in [-0.1, -0.05) is 23.8 Å². The zero-order valence-electron chi connectivity index (χ0n) is 8.44. The fourth-order valence-corrected chi connectivity index (χ4v) is 1.74. The Morgan fingerprint density at radius 2 is 1.92 bits per heavy atom. The molecule has 1 aliphatic heterocycles. The van der Waals surface area contributed by atoms with Crippen molar-refractivity contribution < 1.29 is 0 Å². The van der Waals surface area contributed by atoms with Gasteiger partial charge in [0.2, 0.25) is 0 Å². The fourth-order valence-electron chi connectivity index (χ4n) is 1.74. The average Bonchev–Trinajstić information content (AvgIpc) is 2.12. The number of fused-ring (bicyclic) bond motifs is 1. The zero-order chi connectivity index (χ0) is 9.42. The summed E-state index contributed by atoms with van der Waals surface area (Å²) in [5.74, 6) is 0. The largest absolute Gasteiger partial charge is 0.381 e. The van der Waals surface area contributed by atoms with Crippen molar-refractivity contribution in [3.05, 3.63) is 34.4 Å². The number of anilines is 1. The summed E-state index contributed by atoms with van der Waals surface area (Å²) in [7, 11) is 0. The Labute approximate surface area is 79.5 Å².